The molecule has 14 heavy (non-hydrogen) atoms. The Labute approximate surface area is 83.5 Å². The van der Waals surface area contributed by atoms with E-state index in [1.165, 1.54) is 4.90 Å². The molecule has 4 heteroatoms. The third-order valence-corrected chi connectivity index (χ3v) is 2.54. The van der Waals surface area contributed by atoms with Gasteiger partial charge in [-0.2, -0.15) is 0 Å². The number of nitrogens with zero attached hydrogens (tertiary/aromatic N) is 1. The molecule has 1 aliphatic heterocycles. The van der Waals surface area contributed by atoms with Gasteiger partial charge in [0, 0.05) is 18.9 Å². The molecule has 1 aliphatic rings. The summed E-state index contributed by atoms with van der Waals surface area (Å²) in [5, 5.41) is 18.4. The van der Waals surface area contributed by atoms with E-state index in [0.717, 1.165) is 0 Å². The molecule has 0 bridgehead atoms. The molecule has 1 unspecified atom stereocenters. The molecule has 0 saturated carbocycles. The van der Waals surface area contributed by atoms with Crippen LogP contribution in [0, 0.1) is 18.3 Å². The highest BCUT2D eigenvalue weighted by Crippen LogP contribution is 2.20. The van der Waals surface area contributed by atoms with Gasteiger partial charge in [0.15, 0.2) is 0 Å². The highest BCUT2D eigenvalue weighted by molar-refractivity contribution is 5.79. The molecule has 78 valence electrons. The van der Waals surface area contributed by atoms with Crippen molar-refractivity contribution in [3.05, 3.63) is 0 Å². The summed E-state index contributed by atoms with van der Waals surface area (Å²) in [7, 11) is 0. The highest BCUT2D eigenvalue weighted by Gasteiger charge is 2.34. The Bertz CT molecular complexity index is 257. The molecule has 1 saturated heterocycles. The molecule has 1 fully saturated rings. The lowest BCUT2D eigenvalue weighted by Gasteiger charge is -2.28. The first-order valence-electron chi connectivity index (χ1n) is 4.64. The molecular weight excluding hydrogens is 182 g/mol. The van der Waals surface area contributed by atoms with E-state index < -0.39 is 12.1 Å². The molecule has 1 amide bonds. The van der Waals surface area contributed by atoms with Gasteiger partial charge < -0.3 is 15.1 Å². The molecule has 0 aromatic carbocycles. The number of hydrogen-bond acceptors (Lipinski definition) is 3. The Kier molecular flexibility index (Phi) is 3.50. The minimum Gasteiger partial charge on any atom is -0.394 e. The SMILES string of the molecule is C#CC1CC(=O)N([C@H](CO)[C@@H](C)O)C1. The van der Waals surface area contributed by atoms with Crippen molar-refractivity contribution < 1.29 is 15.0 Å². The number of terminal acetylenes is 1. The van der Waals surface area contributed by atoms with Crippen molar-refractivity contribution in [3.8, 4) is 12.3 Å². The van der Waals surface area contributed by atoms with Crippen LogP contribution in [-0.4, -0.2) is 46.3 Å². The Morgan fingerprint density at radius 3 is 2.79 bits per heavy atom. The van der Waals surface area contributed by atoms with Crippen LogP contribution in [0.5, 0.6) is 0 Å². The highest BCUT2D eigenvalue weighted by atomic mass is 16.3. The maximum absolute atomic E-state index is 11.5. The zero-order valence-corrected chi connectivity index (χ0v) is 8.18. The van der Waals surface area contributed by atoms with Crippen LogP contribution in [0.3, 0.4) is 0 Å². The molecule has 2 N–H and O–H groups in total. The van der Waals surface area contributed by atoms with E-state index in [1.807, 2.05) is 0 Å². The summed E-state index contributed by atoms with van der Waals surface area (Å²) in [5.41, 5.74) is 0. The molecule has 0 radical (unpaired) electrons. The Morgan fingerprint density at radius 1 is 1.79 bits per heavy atom. The first-order chi connectivity index (χ1) is 6.60. The van der Waals surface area contributed by atoms with Gasteiger partial charge in [-0.15, -0.1) is 12.3 Å². The van der Waals surface area contributed by atoms with Gasteiger partial charge in [0.1, 0.15) is 0 Å². The Morgan fingerprint density at radius 2 is 2.43 bits per heavy atom. The van der Waals surface area contributed by atoms with E-state index in [2.05, 4.69) is 5.92 Å². The summed E-state index contributed by atoms with van der Waals surface area (Å²) in [4.78, 5) is 12.9. The standard InChI is InChI=1S/C10H15NO3/c1-3-8-4-10(14)11(5-8)9(6-12)7(2)13/h1,7-9,12-13H,4-6H2,2H3/t7-,8?,9-/m1/s1. The fourth-order valence-corrected chi connectivity index (χ4v) is 1.68. The summed E-state index contributed by atoms with van der Waals surface area (Å²) < 4.78 is 0. The van der Waals surface area contributed by atoms with Gasteiger partial charge in [0.05, 0.1) is 18.8 Å². The molecule has 1 rings (SSSR count). The molecule has 0 spiro atoms. The largest absolute Gasteiger partial charge is 0.394 e. The van der Waals surface area contributed by atoms with Crippen LogP contribution < -0.4 is 0 Å². The topological polar surface area (TPSA) is 60.8 Å². The lowest BCUT2D eigenvalue weighted by molar-refractivity contribution is -0.132. The maximum atomic E-state index is 11.5. The van der Waals surface area contributed by atoms with Gasteiger partial charge in [-0.1, -0.05) is 0 Å². The van der Waals surface area contributed by atoms with Gasteiger partial charge in [-0.05, 0) is 6.92 Å². The predicted octanol–water partition coefficient (Wildman–Crippen LogP) is -0.790. The van der Waals surface area contributed by atoms with E-state index >= 15 is 0 Å². The average molecular weight is 197 g/mol. The third-order valence-electron chi connectivity index (χ3n) is 2.54. The number of aliphatic hydroxyl groups is 2. The van der Waals surface area contributed by atoms with Crippen LogP contribution in [0.4, 0.5) is 0 Å². The number of carbonyl (C=O) groups excluding carboxylic acids is 1. The monoisotopic (exact) mass is 197 g/mol. The number of aliphatic hydroxyl groups excluding tert-OH is 2. The summed E-state index contributed by atoms with van der Waals surface area (Å²) in [6.45, 7) is 1.75. The number of rotatable bonds is 3. The molecule has 4 nitrogen and oxygen atoms in total. The third kappa shape index (κ3) is 2.06. The van der Waals surface area contributed by atoms with Crippen molar-refractivity contribution in [2.75, 3.05) is 13.2 Å². The second kappa shape index (κ2) is 4.45. The summed E-state index contributed by atoms with van der Waals surface area (Å²) >= 11 is 0. The van der Waals surface area contributed by atoms with Crippen molar-refractivity contribution in [3.63, 3.8) is 0 Å². The van der Waals surface area contributed by atoms with Gasteiger partial charge in [0.2, 0.25) is 5.91 Å². The second-order valence-corrected chi connectivity index (χ2v) is 3.60. The van der Waals surface area contributed by atoms with Gasteiger partial charge >= 0.3 is 0 Å². The van der Waals surface area contributed by atoms with E-state index in [1.54, 1.807) is 6.92 Å². The fraction of sp³-hybridized carbons (Fsp3) is 0.700. The molecule has 0 aromatic heterocycles. The minimum absolute atomic E-state index is 0.0877. The molecule has 0 aromatic rings. The van der Waals surface area contributed by atoms with Crippen LogP contribution in [0.15, 0.2) is 0 Å². The number of hydrogen-bond donors (Lipinski definition) is 2. The molecule has 0 aliphatic carbocycles. The summed E-state index contributed by atoms with van der Waals surface area (Å²) in [5.74, 6) is 2.34. The van der Waals surface area contributed by atoms with Crippen molar-refractivity contribution in [2.24, 2.45) is 5.92 Å². The van der Waals surface area contributed by atoms with Gasteiger partial charge in [-0.25, -0.2) is 0 Å². The van der Waals surface area contributed by atoms with E-state index in [9.17, 15) is 9.90 Å². The Hall–Kier alpha value is -1.05. The fourth-order valence-electron chi connectivity index (χ4n) is 1.68. The minimum atomic E-state index is -0.736. The quantitative estimate of drug-likeness (QED) is 0.583. The van der Waals surface area contributed by atoms with Crippen LogP contribution in [0.25, 0.3) is 0 Å². The Balaban J connectivity index is 2.69. The maximum Gasteiger partial charge on any atom is 0.224 e. The van der Waals surface area contributed by atoms with Crippen LogP contribution in [0.2, 0.25) is 0 Å². The molecule has 1 heterocycles. The van der Waals surface area contributed by atoms with Crippen molar-refractivity contribution in [1.82, 2.24) is 4.90 Å². The first-order valence-corrected chi connectivity index (χ1v) is 4.64. The number of amides is 1. The van der Waals surface area contributed by atoms with Gasteiger partial charge in [0.25, 0.3) is 0 Å². The van der Waals surface area contributed by atoms with Crippen LogP contribution in [-0.2, 0) is 4.79 Å². The summed E-state index contributed by atoms with van der Waals surface area (Å²) in [6.07, 6.45) is 4.81. The lowest BCUT2D eigenvalue weighted by Crippen LogP contribution is -2.45. The van der Waals surface area contributed by atoms with Crippen molar-refractivity contribution in [2.45, 2.75) is 25.5 Å². The normalized spacial score (nSPS) is 26.0. The van der Waals surface area contributed by atoms with E-state index in [4.69, 9.17) is 11.5 Å². The smallest absolute Gasteiger partial charge is 0.224 e. The molecule has 3 atom stereocenters. The first kappa shape index (κ1) is 11.0. The van der Waals surface area contributed by atoms with Gasteiger partial charge in [-0.3, -0.25) is 4.79 Å². The van der Waals surface area contributed by atoms with E-state index in [-0.39, 0.29) is 18.4 Å². The predicted molar refractivity (Wildman–Crippen MR) is 51.2 cm³/mol. The number of likely N-dealkylation sites (tertiary alicyclic amines) is 1. The van der Waals surface area contributed by atoms with Crippen LogP contribution in [0.1, 0.15) is 13.3 Å². The van der Waals surface area contributed by atoms with Crippen LogP contribution >= 0.6 is 0 Å². The van der Waals surface area contributed by atoms with Crippen molar-refractivity contribution >= 4 is 5.91 Å². The van der Waals surface area contributed by atoms with Crippen molar-refractivity contribution in [1.29, 1.82) is 0 Å². The van der Waals surface area contributed by atoms with E-state index in [0.29, 0.717) is 13.0 Å². The lowest BCUT2D eigenvalue weighted by atomic mass is 10.1. The summed E-state index contributed by atoms with van der Waals surface area (Å²) in [6, 6.07) is -0.527. The average Bonchev–Trinajstić information content (AvgIpc) is 2.48. The number of carbonyl (C=O) groups is 1. The second-order valence-electron chi connectivity index (χ2n) is 3.60. The zero-order valence-electron chi connectivity index (χ0n) is 8.18. The zero-order chi connectivity index (χ0) is 10.7. The molecular formula is C10H15NO3.